The number of pyridine rings is 1. The molecule has 2 aromatic rings. The molecule has 1 heterocycles. The van der Waals surface area contributed by atoms with Gasteiger partial charge in [0.15, 0.2) is 5.75 Å². The van der Waals surface area contributed by atoms with Crippen LogP contribution in [0.1, 0.15) is 11.3 Å². The Morgan fingerprint density at radius 3 is 2.59 bits per heavy atom. The third-order valence-corrected chi connectivity index (χ3v) is 2.28. The van der Waals surface area contributed by atoms with Crippen LogP contribution in [0.3, 0.4) is 0 Å². The van der Waals surface area contributed by atoms with Crippen LogP contribution in [-0.4, -0.2) is 4.98 Å². The van der Waals surface area contributed by atoms with E-state index in [1.165, 1.54) is 6.08 Å². The third kappa shape index (κ3) is 2.91. The van der Waals surface area contributed by atoms with Crippen LogP contribution >= 0.6 is 0 Å². The van der Waals surface area contributed by atoms with Crippen LogP contribution in [0.5, 0.6) is 5.75 Å². The molecule has 0 spiro atoms. The van der Waals surface area contributed by atoms with E-state index in [0.29, 0.717) is 12.3 Å². The standard InChI is InChI=1S/C14H12FNO/c1-2-12-8-9-13(14(15)16-12)17-10-11-6-4-3-5-7-11/h2-9H,1,10H2. The number of rotatable bonds is 4. The van der Waals surface area contributed by atoms with Gasteiger partial charge in [0.1, 0.15) is 6.61 Å². The van der Waals surface area contributed by atoms with Crippen LogP contribution in [0.15, 0.2) is 49.0 Å². The predicted molar refractivity (Wildman–Crippen MR) is 65.1 cm³/mol. The van der Waals surface area contributed by atoms with Gasteiger partial charge in [0, 0.05) is 0 Å². The van der Waals surface area contributed by atoms with Crippen LogP contribution in [0.4, 0.5) is 4.39 Å². The number of halogens is 1. The first-order valence-electron chi connectivity index (χ1n) is 5.25. The molecular formula is C14H12FNO. The summed E-state index contributed by atoms with van der Waals surface area (Å²) in [5.74, 6) is -0.460. The molecule has 0 unspecified atom stereocenters. The minimum Gasteiger partial charge on any atom is -0.484 e. The Labute approximate surface area is 99.4 Å². The summed E-state index contributed by atoms with van der Waals surface area (Å²) < 4.78 is 18.8. The maximum absolute atomic E-state index is 13.5. The van der Waals surface area contributed by atoms with E-state index in [1.54, 1.807) is 12.1 Å². The van der Waals surface area contributed by atoms with Crippen molar-refractivity contribution in [2.45, 2.75) is 6.61 Å². The van der Waals surface area contributed by atoms with Crippen molar-refractivity contribution < 1.29 is 9.13 Å². The van der Waals surface area contributed by atoms with Gasteiger partial charge in [-0.3, -0.25) is 0 Å². The highest BCUT2D eigenvalue weighted by molar-refractivity contribution is 5.42. The van der Waals surface area contributed by atoms with Crippen molar-refractivity contribution in [1.82, 2.24) is 4.98 Å². The van der Waals surface area contributed by atoms with E-state index in [-0.39, 0.29) is 5.75 Å². The lowest BCUT2D eigenvalue weighted by Gasteiger charge is -2.06. The van der Waals surface area contributed by atoms with Gasteiger partial charge in [0.2, 0.25) is 0 Å². The van der Waals surface area contributed by atoms with Gasteiger partial charge in [-0.2, -0.15) is 4.39 Å². The minimum atomic E-state index is -0.613. The van der Waals surface area contributed by atoms with Gasteiger partial charge in [-0.05, 0) is 23.8 Å². The zero-order chi connectivity index (χ0) is 12.1. The van der Waals surface area contributed by atoms with E-state index in [2.05, 4.69) is 11.6 Å². The Hall–Kier alpha value is -2.16. The van der Waals surface area contributed by atoms with Gasteiger partial charge in [-0.25, -0.2) is 4.98 Å². The molecule has 86 valence electrons. The summed E-state index contributed by atoms with van der Waals surface area (Å²) in [6, 6.07) is 12.8. The van der Waals surface area contributed by atoms with Crippen LogP contribution in [-0.2, 0) is 6.61 Å². The molecule has 0 aliphatic carbocycles. The first-order chi connectivity index (χ1) is 8.29. The van der Waals surface area contributed by atoms with Crippen molar-refractivity contribution in [1.29, 1.82) is 0 Å². The molecule has 0 saturated carbocycles. The highest BCUT2D eigenvalue weighted by Gasteiger charge is 2.05. The largest absolute Gasteiger partial charge is 0.484 e. The smallest absolute Gasteiger partial charge is 0.255 e. The summed E-state index contributed by atoms with van der Waals surface area (Å²) in [6.45, 7) is 3.85. The second kappa shape index (κ2) is 5.25. The Kier molecular flexibility index (Phi) is 3.50. The van der Waals surface area contributed by atoms with E-state index < -0.39 is 5.95 Å². The highest BCUT2D eigenvalue weighted by Crippen LogP contribution is 2.17. The molecule has 0 N–H and O–H groups in total. The number of aromatic nitrogens is 1. The summed E-state index contributed by atoms with van der Waals surface area (Å²) in [7, 11) is 0. The second-order valence-electron chi connectivity index (χ2n) is 3.50. The topological polar surface area (TPSA) is 22.1 Å². The summed E-state index contributed by atoms with van der Waals surface area (Å²) in [6.07, 6.45) is 1.49. The SMILES string of the molecule is C=Cc1ccc(OCc2ccccc2)c(F)n1. The number of hydrogen-bond acceptors (Lipinski definition) is 2. The number of ether oxygens (including phenoxy) is 1. The van der Waals surface area contributed by atoms with Gasteiger partial charge in [0.25, 0.3) is 5.95 Å². The van der Waals surface area contributed by atoms with E-state index in [9.17, 15) is 4.39 Å². The molecule has 3 heteroatoms. The Bertz CT molecular complexity index is 511. The maximum Gasteiger partial charge on any atom is 0.255 e. The molecule has 0 bridgehead atoms. The predicted octanol–water partition coefficient (Wildman–Crippen LogP) is 3.44. The second-order valence-corrected chi connectivity index (χ2v) is 3.50. The molecule has 2 nitrogen and oxygen atoms in total. The quantitative estimate of drug-likeness (QED) is 0.749. The first-order valence-corrected chi connectivity index (χ1v) is 5.25. The van der Waals surface area contributed by atoms with Crippen molar-refractivity contribution in [2.24, 2.45) is 0 Å². The van der Waals surface area contributed by atoms with E-state index in [4.69, 9.17) is 4.74 Å². The number of hydrogen-bond donors (Lipinski definition) is 0. The van der Waals surface area contributed by atoms with Crippen molar-refractivity contribution in [3.05, 3.63) is 66.2 Å². The molecule has 2 rings (SSSR count). The lowest BCUT2D eigenvalue weighted by Crippen LogP contribution is -1.99. The fourth-order valence-corrected chi connectivity index (χ4v) is 1.39. The normalized spacial score (nSPS) is 9.94. The van der Waals surface area contributed by atoms with E-state index in [0.717, 1.165) is 5.56 Å². The maximum atomic E-state index is 13.5. The third-order valence-electron chi connectivity index (χ3n) is 2.28. The zero-order valence-electron chi connectivity index (χ0n) is 9.27. The van der Waals surface area contributed by atoms with Crippen molar-refractivity contribution in [3.8, 4) is 5.75 Å². The van der Waals surface area contributed by atoms with Crippen LogP contribution < -0.4 is 4.74 Å². The van der Waals surface area contributed by atoms with E-state index >= 15 is 0 Å². The first kappa shape index (κ1) is 11.3. The average molecular weight is 229 g/mol. The minimum absolute atomic E-state index is 0.152. The van der Waals surface area contributed by atoms with Gasteiger partial charge in [-0.15, -0.1) is 0 Å². The Balaban J connectivity index is 2.07. The van der Waals surface area contributed by atoms with Crippen molar-refractivity contribution in [3.63, 3.8) is 0 Å². The van der Waals surface area contributed by atoms with Crippen molar-refractivity contribution in [2.75, 3.05) is 0 Å². The molecule has 0 atom stereocenters. The summed E-state index contributed by atoms with van der Waals surface area (Å²) in [5, 5.41) is 0. The molecule has 0 aliphatic heterocycles. The monoisotopic (exact) mass is 229 g/mol. The molecule has 0 amide bonds. The molecule has 17 heavy (non-hydrogen) atoms. The van der Waals surface area contributed by atoms with Crippen LogP contribution in [0, 0.1) is 5.95 Å². The molecule has 0 aliphatic rings. The number of benzene rings is 1. The molecular weight excluding hydrogens is 217 g/mol. The number of nitrogens with zero attached hydrogens (tertiary/aromatic N) is 1. The van der Waals surface area contributed by atoms with Gasteiger partial charge in [0.05, 0.1) is 5.69 Å². The lowest BCUT2D eigenvalue weighted by molar-refractivity contribution is 0.286. The Morgan fingerprint density at radius 1 is 1.18 bits per heavy atom. The molecule has 0 radical (unpaired) electrons. The lowest BCUT2D eigenvalue weighted by atomic mass is 10.2. The molecule has 1 aromatic heterocycles. The van der Waals surface area contributed by atoms with Crippen molar-refractivity contribution >= 4 is 6.08 Å². The summed E-state index contributed by atoms with van der Waals surface area (Å²) >= 11 is 0. The van der Waals surface area contributed by atoms with E-state index in [1.807, 2.05) is 30.3 Å². The summed E-state index contributed by atoms with van der Waals surface area (Å²) in [4.78, 5) is 3.69. The van der Waals surface area contributed by atoms with Crippen LogP contribution in [0.25, 0.3) is 6.08 Å². The van der Waals surface area contributed by atoms with Crippen LogP contribution in [0.2, 0.25) is 0 Å². The average Bonchev–Trinajstić information content (AvgIpc) is 2.38. The fraction of sp³-hybridized carbons (Fsp3) is 0.0714. The molecule has 0 saturated heterocycles. The van der Waals surface area contributed by atoms with Gasteiger partial charge in [-0.1, -0.05) is 36.9 Å². The fourth-order valence-electron chi connectivity index (χ4n) is 1.39. The highest BCUT2D eigenvalue weighted by atomic mass is 19.1. The summed E-state index contributed by atoms with van der Waals surface area (Å²) in [5.41, 5.74) is 1.48. The van der Waals surface area contributed by atoms with Gasteiger partial charge >= 0.3 is 0 Å². The zero-order valence-corrected chi connectivity index (χ0v) is 9.27. The Morgan fingerprint density at radius 2 is 1.94 bits per heavy atom. The molecule has 1 aromatic carbocycles. The molecule has 0 fully saturated rings. The van der Waals surface area contributed by atoms with Gasteiger partial charge < -0.3 is 4.74 Å².